The van der Waals surface area contributed by atoms with Crippen molar-refractivity contribution in [2.75, 3.05) is 7.11 Å². The lowest BCUT2D eigenvalue weighted by atomic mass is 9.75. The first-order valence-corrected chi connectivity index (χ1v) is 8.70. The molecule has 3 rings (SSSR count). The Morgan fingerprint density at radius 1 is 1.28 bits per heavy atom. The number of nitriles is 1. The molecule has 1 aromatic rings. The summed E-state index contributed by atoms with van der Waals surface area (Å²) in [6, 6.07) is 8.26. The average Bonchev–Trinajstić information content (AvgIpc) is 2.63. The standard InChI is InChI=1S/C20H22FNO3/c1-24-19(23)17(13-22)15-11-18(14-5-7-16(21)8-6-14)25-20(12-15)9-3-2-4-10-20/h5-8,18H,2-4,9-12H2,1H3/b17-15+. The van der Waals surface area contributed by atoms with Crippen molar-refractivity contribution in [3.63, 3.8) is 0 Å². The zero-order valence-corrected chi connectivity index (χ0v) is 14.4. The van der Waals surface area contributed by atoms with Gasteiger partial charge in [-0.05, 0) is 42.5 Å². The van der Waals surface area contributed by atoms with Crippen molar-refractivity contribution < 1.29 is 18.7 Å². The molecule has 1 unspecified atom stereocenters. The summed E-state index contributed by atoms with van der Waals surface area (Å²) in [5.74, 6) is -0.891. The van der Waals surface area contributed by atoms with Crippen LogP contribution < -0.4 is 0 Å². The third-order valence-corrected chi connectivity index (χ3v) is 5.22. The van der Waals surface area contributed by atoms with E-state index in [0.717, 1.165) is 36.8 Å². The van der Waals surface area contributed by atoms with Gasteiger partial charge < -0.3 is 9.47 Å². The Kier molecular flexibility index (Phi) is 5.19. The van der Waals surface area contributed by atoms with E-state index < -0.39 is 5.97 Å². The number of rotatable bonds is 2. The van der Waals surface area contributed by atoms with Crippen LogP contribution in [0.4, 0.5) is 4.39 Å². The Bertz CT molecular complexity index is 711. The molecular formula is C20H22FNO3. The number of esters is 1. The Morgan fingerprint density at radius 2 is 1.96 bits per heavy atom. The van der Waals surface area contributed by atoms with Crippen molar-refractivity contribution in [2.24, 2.45) is 0 Å². The molecule has 1 saturated heterocycles. The summed E-state index contributed by atoms with van der Waals surface area (Å²) in [6.07, 6.45) is 5.90. The molecule has 132 valence electrons. The summed E-state index contributed by atoms with van der Waals surface area (Å²) < 4.78 is 24.5. The molecule has 0 radical (unpaired) electrons. The van der Waals surface area contributed by atoms with Gasteiger partial charge in [-0.15, -0.1) is 0 Å². The van der Waals surface area contributed by atoms with Gasteiger partial charge in [0.1, 0.15) is 17.5 Å². The van der Waals surface area contributed by atoms with Gasteiger partial charge >= 0.3 is 5.97 Å². The van der Waals surface area contributed by atoms with Crippen LogP contribution in [0.1, 0.15) is 56.6 Å². The molecule has 1 spiro atoms. The van der Waals surface area contributed by atoms with Gasteiger partial charge in [-0.3, -0.25) is 0 Å². The highest BCUT2D eigenvalue weighted by Crippen LogP contribution is 2.47. The van der Waals surface area contributed by atoms with Crippen LogP contribution in [-0.4, -0.2) is 18.7 Å². The molecule has 5 heteroatoms. The van der Waals surface area contributed by atoms with E-state index in [1.165, 1.54) is 25.7 Å². The van der Waals surface area contributed by atoms with Gasteiger partial charge in [0.15, 0.2) is 0 Å². The Balaban J connectivity index is 1.99. The van der Waals surface area contributed by atoms with Crippen molar-refractivity contribution in [1.29, 1.82) is 5.26 Å². The second-order valence-electron chi connectivity index (χ2n) is 6.86. The number of carbonyl (C=O) groups excluding carboxylic acids is 1. The number of carbonyl (C=O) groups is 1. The lowest BCUT2D eigenvalue weighted by Crippen LogP contribution is -2.40. The highest BCUT2D eigenvalue weighted by molar-refractivity contribution is 5.93. The maximum absolute atomic E-state index is 13.3. The van der Waals surface area contributed by atoms with Gasteiger partial charge in [-0.2, -0.15) is 5.26 Å². The van der Waals surface area contributed by atoms with Crippen molar-refractivity contribution in [3.05, 3.63) is 46.8 Å². The van der Waals surface area contributed by atoms with Crippen LogP contribution in [-0.2, 0) is 14.3 Å². The number of hydrogen-bond acceptors (Lipinski definition) is 4. The van der Waals surface area contributed by atoms with Crippen LogP contribution in [0.25, 0.3) is 0 Å². The summed E-state index contributed by atoms with van der Waals surface area (Å²) in [5, 5.41) is 9.46. The maximum atomic E-state index is 13.3. The number of benzene rings is 1. The minimum absolute atomic E-state index is 0.0860. The van der Waals surface area contributed by atoms with Crippen LogP contribution in [0.2, 0.25) is 0 Å². The van der Waals surface area contributed by atoms with Crippen LogP contribution in [0.15, 0.2) is 35.4 Å². The summed E-state index contributed by atoms with van der Waals surface area (Å²) >= 11 is 0. The highest BCUT2D eigenvalue weighted by Gasteiger charge is 2.42. The number of hydrogen-bond donors (Lipinski definition) is 0. The SMILES string of the molecule is COC(=O)/C(C#N)=C1\CC(c2ccc(F)cc2)OC2(CCCCC2)C1. The normalized spacial score (nSPS) is 24.4. The van der Waals surface area contributed by atoms with E-state index in [0.29, 0.717) is 12.8 Å². The van der Waals surface area contributed by atoms with Crippen LogP contribution in [0, 0.1) is 17.1 Å². The smallest absolute Gasteiger partial charge is 0.348 e. The van der Waals surface area contributed by atoms with E-state index in [1.807, 2.05) is 6.07 Å². The fourth-order valence-electron chi connectivity index (χ4n) is 3.99. The van der Waals surface area contributed by atoms with E-state index in [9.17, 15) is 14.4 Å². The van der Waals surface area contributed by atoms with Crippen molar-refractivity contribution in [3.8, 4) is 6.07 Å². The van der Waals surface area contributed by atoms with Crippen molar-refractivity contribution in [1.82, 2.24) is 0 Å². The zero-order valence-electron chi connectivity index (χ0n) is 14.4. The summed E-state index contributed by atoms with van der Waals surface area (Å²) in [4.78, 5) is 12.0. The minimum Gasteiger partial charge on any atom is -0.465 e. The molecule has 1 aliphatic heterocycles. The molecule has 2 fully saturated rings. The topological polar surface area (TPSA) is 59.3 Å². The summed E-state index contributed by atoms with van der Waals surface area (Å²) in [7, 11) is 1.29. The maximum Gasteiger partial charge on any atom is 0.348 e. The van der Waals surface area contributed by atoms with E-state index in [2.05, 4.69) is 0 Å². The first-order valence-electron chi connectivity index (χ1n) is 8.70. The molecule has 1 atom stereocenters. The van der Waals surface area contributed by atoms with Crippen molar-refractivity contribution in [2.45, 2.75) is 56.7 Å². The quantitative estimate of drug-likeness (QED) is 0.454. The second-order valence-corrected chi connectivity index (χ2v) is 6.86. The Morgan fingerprint density at radius 3 is 2.56 bits per heavy atom. The zero-order chi connectivity index (χ0) is 17.9. The largest absolute Gasteiger partial charge is 0.465 e. The second kappa shape index (κ2) is 7.37. The number of methoxy groups -OCH3 is 1. The molecule has 0 bridgehead atoms. The van der Waals surface area contributed by atoms with Crippen LogP contribution in [0.3, 0.4) is 0 Å². The number of ether oxygens (including phenoxy) is 2. The van der Waals surface area contributed by atoms with Gasteiger partial charge in [0.05, 0.1) is 18.8 Å². The molecule has 1 aliphatic carbocycles. The lowest BCUT2D eigenvalue weighted by molar-refractivity contribution is -0.138. The molecule has 0 N–H and O–H groups in total. The predicted octanol–water partition coefficient (Wildman–Crippen LogP) is 4.37. The third-order valence-electron chi connectivity index (χ3n) is 5.22. The van der Waals surface area contributed by atoms with E-state index in [4.69, 9.17) is 9.47 Å². The van der Waals surface area contributed by atoms with E-state index in [-0.39, 0.29) is 23.1 Å². The predicted molar refractivity (Wildman–Crippen MR) is 89.9 cm³/mol. The molecule has 25 heavy (non-hydrogen) atoms. The van der Waals surface area contributed by atoms with Crippen LogP contribution >= 0.6 is 0 Å². The van der Waals surface area contributed by atoms with Gasteiger partial charge in [-0.1, -0.05) is 31.4 Å². The fourth-order valence-corrected chi connectivity index (χ4v) is 3.99. The minimum atomic E-state index is -0.594. The Hall–Kier alpha value is -2.19. The van der Waals surface area contributed by atoms with E-state index in [1.54, 1.807) is 12.1 Å². The molecule has 0 aromatic heterocycles. The average molecular weight is 343 g/mol. The van der Waals surface area contributed by atoms with Gasteiger partial charge in [0, 0.05) is 6.42 Å². The monoisotopic (exact) mass is 343 g/mol. The molecule has 0 amide bonds. The fraction of sp³-hybridized carbons (Fsp3) is 0.500. The van der Waals surface area contributed by atoms with Gasteiger partial charge in [0.25, 0.3) is 0 Å². The van der Waals surface area contributed by atoms with Crippen LogP contribution in [0.5, 0.6) is 0 Å². The Labute approximate surface area is 147 Å². The third kappa shape index (κ3) is 3.74. The summed E-state index contributed by atoms with van der Waals surface area (Å²) in [5.41, 5.74) is 1.39. The molecule has 1 saturated carbocycles. The molecule has 1 aromatic carbocycles. The lowest BCUT2D eigenvalue weighted by Gasteiger charge is -2.45. The number of nitrogens with zero attached hydrogens (tertiary/aromatic N) is 1. The first kappa shape index (κ1) is 17.6. The van der Waals surface area contributed by atoms with Crippen molar-refractivity contribution >= 4 is 5.97 Å². The van der Waals surface area contributed by atoms with E-state index >= 15 is 0 Å². The molecule has 1 heterocycles. The highest BCUT2D eigenvalue weighted by atomic mass is 19.1. The molecule has 4 nitrogen and oxygen atoms in total. The molecule has 2 aliphatic rings. The van der Waals surface area contributed by atoms with Gasteiger partial charge in [0.2, 0.25) is 0 Å². The number of halogens is 1. The molecular weight excluding hydrogens is 321 g/mol. The first-order chi connectivity index (χ1) is 12.1. The summed E-state index contributed by atoms with van der Waals surface area (Å²) in [6.45, 7) is 0. The van der Waals surface area contributed by atoms with Gasteiger partial charge in [-0.25, -0.2) is 9.18 Å².